The van der Waals surface area contributed by atoms with Gasteiger partial charge in [-0.3, -0.25) is 0 Å². The van der Waals surface area contributed by atoms with Crippen molar-refractivity contribution in [3.8, 4) is 0 Å². The second-order valence-corrected chi connectivity index (χ2v) is 6.46. The lowest BCUT2D eigenvalue weighted by molar-refractivity contribution is -0.0896. The fraction of sp³-hybridized carbons (Fsp3) is 0.684. The van der Waals surface area contributed by atoms with E-state index in [1.165, 1.54) is 31.2 Å². The van der Waals surface area contributed by atoms with E-state index in [1.54, 1.807) is 0 Å². The van der Waals surface area contributed by atoms with E-state index in [-0.39, 0.29) is 18.3 Å². The Balaban J connectivity index is 1.38. The topological polar surface area (TPSA) is 31.0 Å². The standard InChI is InChI=1S/C19H28O3/c1-2-3-4-5-9-12-20-18-16(13-17-19(18)22-17)21-14-15-10-7-6-8-11-15/h6-8,10-11,16-19H,2-5,9,12-14H2,1H3. The lowest BCUT2D eigenvalue weighted by atomic mass is 10.1. The van der Waals surface area contributed by atoms with Gasteiger partial charge in [-0.15, -0.1) is 0 Å². The molecule has 3 heteroatoms. The summed E-state index contributed by atoms with van der Waals surface area (Å²) >= 11 is 0. The van der Waals surface area contributed by atoms with Gasteiger partial charge < -0.3 is 14.2 Å². The number of unbranched alkanes of at least 4 members (excludes halogenated alkanes) is 4. The number of ether oxygens (including phenoxy) is 3. The minimum atomic E-state index is 0.139. The van der Waals surface area contributed by atoms with Crippen LogP contribution in [-0.4, -0.2) is 31.0 Å². The van der Waals surface area contributed by atoms with Gasteiger partial charge in [0.05, 0.1) is 18.8 Å². The quantitative estimate of drug-likeness (QED) is 0.482. The van der Waals surface area contributed by atoms with Gasteiger partial charge in [0.15, 0.2) is 0 Å². The van der Waals surface area contributed by atoms with E-state index >= 15 is 0 Å². The first kappa shape index (κ1) is 16.0. The maximum Gasteiger partial charge on any atom is 0.113 e. The molecule has 122 valence electrons. The van der Waals surface area contributed by atoms with Gasteiger partial charge in [0.25, 0.3) is 0 Å². The van der Waals surface area contributed by atoms with Crippen molar-refractivity contribution in [1.29, 1.82) is 0 Å². The Labute approximate surface area is 134 Å². The molecule has 3 rings (SSSR count). The molecule has 1 saturated heterocycles. The summed E-state index contributed by atoms with van der Waals surface area (Å²) in [7, 11) is 0. The van der Waals surface area contributed by atoms with E-state index < -0.39 is 0 Å². The van der Waals surface area contributed by atoms with Crippen LogP contribution in [0.1, 0.15) is 51.0 Å². The Kier molecular flexibility index (Phi) is 5.88. The zero-order valence-corrected chi connectivity index (χ0v) is 13.6. The average Bonchev–Trinajstić information content (AvgIpc) is 3.24. The van der Waals surface area contributed by atoms with Gasteiger partial charge in [0.2, 0.25) is 0 Å². The summed E-state index contributed by atoms with van der Waals surface area (Å²) in [5.41, 5.74) is 1.22. The molecule has 0 amide bonds. The zero-order chi connectivity index (χ0) is 15.2. The monoisotopic (exact) mass is 304 g/mol. The van der Waals surface area contributed by atoms with E-state index in [9.17, 15) is 0 Å². The summed E-state index contributed by atoms with van der Waals surface area (Å²) in [5.74, 6) is 0. The molecule has 1 aromatic rings. The first-order valence-corrected chi connectivity index (χ1v) is 8.81. The molecule has 1 aromatic carbocycles. The van der Waals surface area contributed by atoms with Gasteiger partial charge in [-0.05, 0) is 12.0 Å². The van der Waals surface area contributed by atoms with Crippen LogP contribution in [0.2, 0.25) is 0 Å². The molecule has 4 unspecified atom stereocenters. The van der Waals surface area contributed by atoms with E-state index in [2.05, 4.69) is 31.2 Å². The fourth-order valence-corrected chi connectivity index (χ4v) is 3.28. The largest absolute Gasteiger partial charge is 0.373 e. The summed E-state index contributed by atoms with van der Waals surface area (Å²) in [5, 5.41) is 0. The lowest BCUT2D eigenvalue weighted by Crippen LogP contribution is -2.32. The highest BCUT2D eigenvalue weighted by atomic mass is 16.6. The van der Waals surface area contributed by atoms with Crippen LogP contribution in [0.5, 0.6) is 0 Å². The van der Waals surface area contributed by atoms with Crippen molar-refractivity contribution in [2.24, 2.45) is 0 Å². The van der Waals surface area contributed by atoms with E-state index in [0.717, 1.165) is 19.4 Å². The minimum absolute atomic E-state index is 0.139. The van der Waals surface area contributed by atoms with Gasteiger partial charge in [-0.1, -0.05) is 62.9 Å². The molecule has 1 aliphatic carbocycles. The van der Waals surface area contributed by atoms with Crippen molar-refractivity contribution >= 4 is 0 Å². The van der Waals surface area contributed by atoms with Crippen molar-refractivity contribution in [1.82, 2.24) is 0 Å². The predicted octanol–water partition coefficient (Wildman–Crippen LogP) is 4.10. The van der Waals surface area contributed by atoms with Crippen LogP contribution in [-0.2, 0) is 20.8 Å². The van der Waals surface area contributed by atoms with Crippen molar-refractivity contribution in [3.05, 3.63) is 35.9 Å². The summed E-state index contributed by atoms with van der Waals surface area (Å²) < 4.78 is 17.8. The van der Waals surface area contributed by atoms with Crippen LogP contribution >= 0.6 is 0 Å². The van der Waals surface area contributed by atoms with Crippen molar-refractivity contribution < 1.29 is 14.2 Å². The van der Waals surface area contributed by atoms with E-state index in [0.29, 0.717) is 12.7 Å². The van der Waals surface area contributed by atoms with Gasteiger partial charge >= 0.3 is 0 Å². The molecule has 1 saturated carbocycles. The SMILES string of the molecule is CCCCCCCOC1C(OCc2ccccc2)CC2OC21. The van der Waals surface area contributed by atoms with Gasteiger partial charge in [-0.25, -0.2) is 0 Å². The van der Waals surface area contributed by atoms with Crippen LogP contribution in [0, 0.1) is 0 Å². The molecule has 1 heterocycles. The first-order valence-electron chi connectivity index (χ1n) is 8.81. The van der Waals surface area contributed by atoms with Crippen LogP contribution in [0.3, 0.4) is 0 Å². The molecule has 0 aromatic heterocycles. The summed E-state index contributed by atoms with van der Waals surface area (Å²) in [6, 6.07) is 10.4. The highest BCUT2D eigenvalue weighted by molar-refractivity contribution is 5.14. The maximum absolute atomic E-state index is 6.09. The number of benzene rings is 1. The summed E-state index contributed by atoms with van der Waals surface area (Å²) in [6.07, 6.45) is 8.35. The molecular weight excluding hydrogens is 276 g/mol. The van der Waals surface area contributed by atoms with Gasteiger partial charge in [0.1, 0.15) is 12.2 Å². The number of fused-ring (bicyclic) bond motifs is 1. The Morgan fingerprint density at radius 2 is 1.86 bits per heavy atom. The second kappa shape index (κ2) is 8.09. The molecule has 0 bridgehead atoms. The number of hydrogen-bond donors (Lipinski definition) is 0. The minimum Gasteiger partial charge on any atom is -0.373 e. The molecule has 2 fully saturated rings. The highest BCUT2D eigenvalue weighted by Gasteiger charge is 2.57. The molecule has 3 nitrogen and oxygen atoms in total. The molecule has 0 spiro atoms. The third-order valence-electron chi connectivity index (χ3n) is 4.64. The third kappa shape index (κ3) is 4.31. The molecular formula is C19H28O3. The number of epoxide rings is 1. The Hall–Kier alpha value is -0.900. The van der Waals surface area contributed by atoms with Crippen LogP contribution in [0.4, 0.5) is 0 Å². The number of hydrogen-bond acceptors (Lipinski definition) is 3. The Morgan fingerprint density at radius 1 is 1.05 bits per heavy atom. The zero-order valence-electron chi connectivity index (χ0n) is 13.6. The Morgan fingerprint density at radius 3 is 2.68 bits per heavy atom. The van der Waals surface area contributed by atoms with Crippen LogP contribution < -0.4 is 0 Å². The smallest absolute Gasteiger partial charge is 0.113 e. The van der Waals surface area contributed by atoms with Gasteiger partial charge in [-0.2, -0.15) is 0 Å². The normalized spacial score (nSPS) is 29.5. The van der Waals surface area contributed by atoms with Crippen LogP contribution in [0.25, 0.3) is 0 Å². The summed E-state index contributed by atoms with van der Waals surface area (Å²) in [4.78, 5) is 0. The molecule has 0 radical (unpaired) electrons. The van der Waals surface area contributed by atoms with Crippen molar-refractivity contribution in [2.45, 2.75) is 76.5 Å². The van der Waals surface area contributed by atoms with E-state index in [1.807, 2.05) is 6.07 Å². The highest BCUT2D eigenvalue weighted by Crippen LogP contribution is 2.42. The van der Waals surface area contributed by atoms with Gasteiger partial charge in [0, 0.05) is 13.0 Å². The molecule has 2 aliphatic rings. The maximum atomic E-state index is 6.09. The average molecular weight is 304 g/mol. The Bertz CT molecular complexity index is 434. The lowest BCUT2D eigenvalue weighted by Gasteiger charge is -2.22. The number of rotatable bonds is 10. The van der Waals surface area contributed by atoms with E-state index in [4.69, 9.17) is 14.2 Å². The summed E-state index contributed by atoms with van der Waals surface area (Å²) in [6.45, 7) is 3.75. The third-order valence-corrected chi connectivity index (χ3v) is 4.64. The molecule has 1 aliphatic heterocycles. The molecule has 22 heavy (non-hydrogen) atoms. The van der Waals surface area contributed by atoms with Crippen molar-refractivity contribution in [3.63, 3.8) is 0 Å². The molecule has 0 N–H and O–H groups in total. The first-order chi connectivity index (χ1) is 10.9. The van der Waals surface area contributed by atoms with Crippen molar-refractivity contribution in [2.75, 3.05) is 6.61 Å². The second-order valence-electron chi connectivity index (χ2n) is 6.46. The fourth-order valence-electron chi connectivity index (χ4n) is 3.28. The predicted molar refractivity (Wildman–Crippen MR) is 86.8 cm³/mol. The van der Waals surface area contributed by atoms with Crippen LogP contribution in [0.15, 0.2) is 30.3 Å². The molecule has 4 atom stereocenters.